The van der Waals surface area contributed by atoms with Crippen molar-refractivity contribution in [1.29, 1.82) is 0 Å². The normalized spacial score (nSPS) is 12.5. The molecule has 0 aliphatic carbocycles. The van der Waals surface area contributed by atoms with Gasteiger partial charge in [-0.05, 0) is 24.1 Å². The van der Waals surface area contributed by atoms with Crippen LogP contribution in [-0.2, 0) is 6.42 Å². The van der Waals surface area contributed by atoms with Crippen LogP contribution in [0.5, 0.6) is 11.5 Å². The minimum absolute atomic E-state index is 0.239. The average molecular weight is 198 g/mol. The molecule has 1 N–H and O–H groups in total. The standard InChI is InChI=1S/C10H14O2S/c1-7(13)3-8-4-9(11)6-10(5-8)12-2/h4-7,11,13H,3H2,1-2H3. The SMILES string of the molecule is COc1cc(O)cc(CC(C)S)c1. The summed E-state index contributed by atoms with van der Waals surface area (Å²) in [5, 5.41) is 9.62. The van der Waals surface area contributed by atoms with Crippen LogP contribution in [-0.4, -0.2) is 17.5 Å². The van der Waals surface area contributed by atoms with E-state index in [0.717, 1.165) is 12.0 Å². The molecule has 1 atom stereocenters. The molecule has 0 saturated heterocycles. The Kier molecular flexibility index (Phi) is 3.48. The molecule has 13 heavy (non-hydrogen) atoms. The van der Waals surface area contributed by atoms with Gasteiger partial charge in [0.1, 0.15) is 11.5 Å². The predicted octanol–water partition coefficient (Wildman–Crippen LogP) is 2.26. The molecule has 0 aliphatic rings. The van der Waals surface area contributed by atoms with E-state index in [0.29, 0.717) is 5.75 Å². The van der Waals surface area contributed by atoms with E-state index in [-0.39, 0.29) is 11.0 Å². The van der Waals surface area contributed by atoms with E-state index in [2.05, 4.69) is 12.6 Å². The van der Waals surface area contributed by atoms with E-state index < -0.39 is 0 Å². The fraction of sp³-hybridized carbons (Fsp3) is 0.400. The summed E-state index contributed by atoms with van der Waals surface area (Å²) in [6.45, 7) is 2.01. The second kappa shape index (κ2) is 4.42. The van der Waals surface area contributed by atoms with Crippen molar-refractivity contribution in [3.05, 3.63) is 23.8 Å². The van der Waals surface area contributed by atoms with Crippen molar-refractivity contribution < 1.29 is 9.84 Å². The van der Waals surface area contributed by atoms with Crippen LogP contribution in [0.4, 0.5) is 0 Å². The Bertz CT molecular complexity index is 284. The van der Waals surface area contributed by atoms with Gasteiger partial charge in [-0.25, -0.2) is 0 Å². The molecule has 72 valence electrons. The van der Waals surface area contributed by atoms with Gasteiger partial charge < -0.3 is 9.84 Å². The lowest BCUT2D eigenvalue weighted by Crippen LogP contribution is -1.97. The lowest BCUT2D eigenvalue weighted by Gasteiger charge is -2.07. The van der Waals surface area contributed by atoms with E-state index in [4.69, 9.17) is 4.74 Å². The number of hydrogen-bond acceptors (Lipinski definition) is 3. The highest BCUT2D eigenvalue weighted by molar-refractivity contribution is 7.80. The highest BCUT2D eigenvalue weighted by Gasteiger charge is 2.02. The Hall–Kier alpha value is -0.830. The van der Waals surface area contributed by atoms with Crippen molar-refractivity contribution in [3.63, 3.8) is 0 Å². The summed E-state index contributed by atoms with van der Waals surface area (Å²) in [4.78, 5) is 0. The smallest absolute Gasteiger partial charge is 0.122 e. The largest absolute Gasteiger partial charge is 0.508 e. The van der Waals surface area contributed by atoms with E-state index in [1.54, 1.807) is 19.2 Å². The average Bonchev–Trinajstić information content (AvgIpc) is 2.01. The molecule has 0 aliphatic heterocycles. The Morgan fingerprint density at radius 1 is 1.46 bits per heavy atom. The second-order valence-corrected chi connectivity index (χ2v) is 3.97. The molecule has 1 rings (SSSR count). The molecule has 1 unspecified atom stereocenters. The fourth-order valence-corrected chi connectivity index (χ4v) is 1.43. The lowest BCUT2D eigenvalue weighted by molar-refractivity contribution is 0.407. The summed E-state index contributed by atoms with van der Waals surface area (Å²) < 4.78 is 5.03. The maximum atomic E-state index is 9.33. The Balaban J connectivity index is 2.88. The summed E-state index contributed by atoms with van der Waals surface area (Å²) in [6, 6.07) is 5.23. The van der Waals surface area contributed by atoms with Gasteiger partial charge in [0.05, 0.1) is 7.11 Å². The quantitative estimate of drug-likeness (QED) is 0.730. The molecule has 0 bridgehead atoms. The number of phenols is 1. The molecule has 1 aromatic carbocycles. The summed E-state index contributed by atoms with van der Waals surface area (Å²) in [7, 11) is 1.59. The van der Waals surface area contributed by atoms with Crippen LogP contribution in [0, 0.1) is 0 Å². The summed E-state index contributed by atoms with van der Waals surface area (Å²) in [5.74, 6) is 0.923. The third kappa shape index (κ3) is 3.19. The molecule has 0 amide bonds. The Morgan fingerprint density at radius 3 is 2.69 bits per heavy atom. The molecule has 0 radical (unpaired) electrons. The molecule has 0 aromatic heterocycles. The summed E-state index contributed by atoms with van der Waals surface area (Å²) in [5.41, 5.74) is 1.04. The topological polar surface area (TPSA) is 29.5 Å². The first kappa shape index (κ1) is 10.3. The van der Waals surface area contributed by atoms with E-state index >= 15 is 0 Å². The predicted molar refractivity (Wildman–Crippen MR) is 56.8 cm³/mol. The van der Waals surface area contributed by atoms with Crippen LogP contribution < -0.4 is 4.74 Å². The number of methoxy groups -OCH3 is 1. The second-order valence-electron chi connectivity index (χ2n) is 3.09. The van der Waals surface area contributed by atoms with Crippen LogP contribution in [0.2, 0.25) is 0 Å². The molecule has 3 heteroatoms. The lowest BCUT2D eigenvalue weighted by atomic mass is 10.1. The van der Waals surface area contributed by atoms with Gasteiger partial charge in [-0.1, -0.05) is 6.92 Å². The van der Waals surface area contributed by atoms with Crippen LogP contribution in [0.15, 0.2) is 18.2 Å². The van der Waals surface area contributed by atoms with Crippen molar-refractivity contribution in [2.75, 3.05) is 7.11 Å². The van der Waals surface area contributed by atoms with Gasteiger partial charge in [0.2, 0.25) is 0 Å². The maximum Gasteiger partial charge on any atom is 0.122 e. The van der Waals surface area contributed by atoms with Gasteiger partial charge in [-0.2, -0.15) is 12.6 Å². The molecular formula is C10H14O2S. The molecule has 2 nitrogen and oxygen atoms in total. The highest BCUT2D eigenvalue weighted by Crippen LogP contribution is 2.22. The number of benzene rings is 1. The van der Waals surface area contributed by atoms with Gasteiger partial charge >= 0.3 is 0 Å². The van der Waals surface area contributed by atoms with Crippen molar-refractivity contribution in [3.8, 4) is 11.5 Å². The van der Waals surface area contributed by atoms with Gasteiger partial charge in [-0.15, -0.1) is 0 Å². The third-order valence-electron chi connectivity index (χ3n) is 1.72. The molecule has 0 spiro atoms. The summed E-state index contributed by atoms with van der Waals surface area (Å²) in [6.07, 6.45) is 0.827. The first-order valence-corrected chi connectivity index (χ1v) is 4.68. The Labute approximate surface area is 84.0 Å². The zero-order chi connectivity index (χ0) is 9.84. The number of thiol groups is 1. The monoisotopic (exact) mass is 198 g/mol. The van der Waals surface area contributed by atoms with Crippen LogP contribution in [0.1, 0.15) is 12.5 Å². The fourth-order valence-electron chi connectivity index (χ4n) is 1.22. The van der Waals surface area contributed by atoms with Crippen LogP contribution in [0.3, 0.4) is 0 Å². The minimum atomic E-state index is 0.239. The van der Waals surface area contributed by atoms with E-state index in [1.807, 2.05) is 13.0 Å². The van der Waals surface area contributed by atoms with Crippen molar-refractivity contribution >= 4 is 12.6 Å². The van der Waals surface area contributed by atoms with Gasteiger partial charge in [0, 0.05) is 11.3 Å². The first-order chi connectivity index (χ1) is 6.11. The number of hydrogen-bond donors (Lipinski definition) is 2. The van der Waals surface area contributed by atoms with Gasteiger partial charge in [0.15, 0.2) is 0 Å². The van der Waals surface area contributed by atoms with Crippen molar-refractivity contribution in [2.45, 2.75) is 18.6 Å². The van der Waals surface area contributed by atoms with Crippen molar-refractivity contribution in [1.82, 2.24) is 0 Å². The summed E-state index contributed by atoms with van der Waals surface area (Å²) >= 11 is 4.28. The molecule has 0 saturated carbocycles. The molecule has 1 aromatic rings. The van der Waals surface area contributed by atoms with Crippen molar-refractivity contribution in [2.24, 2.45) is 0 Å². The Morgan fingerprint density at radius 2 is 2.15 bits per heavy atom. The molecular weight excluding hydrogens is 184 g/mol. The zero-order valence-corrected chi connectivity index (χ0v) is 8.71. The van der Waals surface area contributed by atoms with Crippen LogP contribution >= 0.6 is 12.6 Å². The van der Waals surface area contributed by atoms with Gasteiger partial charge in [0.25, 0.3) is 0 Å². The maximum absolute atomic E-state index is 9.33. The van der Waals surface area contributed by atoms with Gasteiger partial charge in [-0.3, -0.25) is 0 Å². The minimum Gasteiger partial charge on any atom is -0.508 e. The highest BCUT2D eigenvalue weighted by atomic mass is 32.1. The third-order valence-corrected chi connectivity index (χ3v) is 1.90. The molecule has 0 heterocycles. The number of aromatic hydroxyl groups is 1. The molecule has 0 fully saturated rings. The number of ether oxygens (including phenoxy) is 1. The van der Waals surface area contributed by atoms with E-state index in [9.17, 15) is 5.11 Å². The zero-order valence-electron chi connectivity index (χ0n) is 7.82. The first-order valence-electron chi connectivity index (χ1n) is 4.17. The van der Waals surface area contributed by atoms with Crippen LogP contribution in [0.25, 0.3) is 0 Å². The number of phenolic OH excluding ortho intramolecular Hbond substituents is 1. The number of rotatable bonds is 3. The van der Waals surface area contributed by atoms with E-state index in [1.165, 1.54) is 0 Å².